The van der Waals surface area contributed by atoms with Crippen molar-refractivity contribution >= 4 is 33.6 Å². The molecule has 0 heterocycles. The van der Waals surface area contributed by atoms with Crippen LogP contribution in [0.5, 0.6) is 0 Å². The molecule has 1 aromatic carbocycles. The van der Waals surface area contributed by atoms with Gasteiger partial charge in [0.05, 0.1) is 5.56 Å². The number of hydrogen-bond acceptors (Lipinski definition) is 2. The van der Waals surface area contributed by atoms with Crippen molar-refractivity contribution in [1.82, 2.24) is 5.32 Å². The molecule has 5 heteroatoms. The molecule has 1 fully saturated rings. The molecule has 19 heavy (non-hydrogen) atoms. The summed E-state index contributed by atoms with van der Waals surface area (Å²) in [5.74, 6) is -0.790. The largest absolute Gasteiger partial charge is 0.348 e. The van der Waals surface area contributed by atoms with E-state index in [1.54, 1.807) is 17.8 Å². The van der Waals surface area contributed by atoms with Crippen LogP contribution in [0, 0.1) is 5.82 Å². The van der Waals surface area contributed by atoms with Crippen LogP contribution in [0.2, 0.25) is 0 Å². The molecule has 1 aliphatic rings. The van der Waals surface area contributed by atoms with Crippen molar-refractivity contribution in [3.63, 3.8) is 0 Å². The number of carbonyl (C=O) groups excluding carboxylic acids is 1. The normalized spacial score (nSPS) is 23.1. The van der Waals surface area contributed by atoms with E-state index in [1.165, 1.54) is 18.6 Å². The minimum atomic E-state index is -0.475. The maximum absolute atomic E-state index is 13.7. The lowest BCUT2D eigenvalue weighted by Crippen LogP contribution is -2.43. The SMILES string of the molecule is CSC1CCCCC1NC(=O)c1cc(Br)ccc1F. The molecule has 0 saturated heterocycles. The van der Waals surface area contributed by atoms with Gasteiger partial charge in [0.1, 0.15) is 5.82 Å². The van der Waals surface area contributed by atoms with Crippen molar-refractivity contribution in [2.45, 2.75) is 37.0 Å². The van der Waals surface area contributed by atoms with Gasteiger partial charge in [0.15, 0.2) is 0 Å². The summed E-state index contributed by atoms with van der Waals surface area (Å²) in [4.78, 5) is 12.2. The predicted molar refractivity (Wildman–Crippen MR) is 81.1 cm³/mol. The number of rotatable bonds is 3. The van der Waals surface area contributed by atoms with E-state index in [9.17, 15) is 9.18 Å². The fourth-order valence-electron chi connectivity index (χ4n) is 2.46. The van der Waals surface area contributed by atoms with Crippen molar-refractivity contribution in [1.29, 1.82) is 0 Å². The van der Waals surface area contributed by atoms with Crippen molar-refractivity contribution in [3.8, 4) is 0 Å². The van der Waals surface area contributed by atoms with E-state index in [0.717, 1.165) is 19.3 Å². The van der Waals surface area contributed by atoms with Gasteiger partial charge in [-0.25, -0.2) is 4.39 Å². The molecular weight excluding hydrogens is 329 g/mol. The summed E-state index contributed by atoms with van der Waals surface area (Å²) in [6.45, 7) is 0. The van der Waals surface area contributed by atoms with E-state index >= 15 is 0 Å². The topological polar surface area (TPSA) is 29.1 Å². The minimum Gasteiger partial charge on any atom is -0.348 e. The first-order valence-corrected chi connectivity index (χ1v) is 8.48. The summed E-state index contributed by atoms with van der Waals surface area (Å²) in [5, 5.41) is 3.42. The average molecular weight is 346 g/mol. The third-order valence-electron chi connectivity index (χ3n) is 3.49. The quantitative estimate of drug-likeness (QED) is 0.897. The van der Waals surface area contributed by atoms with Crippen LogP contribution in [0.25, 0.3) is 0 Å². The van der Waals surface area contributed by atoms with Crippen molar-refractivity contribution < 1.29 is 9.18 Å². The number of amides is 1. The Morgan fingerprint density at radius 1 is 1.42 bits per heavy atom. The van der Waals surface area contributed by atoms with Gasteiger partial charge in [-0.15, -0.1) is 0 Å². The Labute approximate surface area is 125 Å². The molecule has 1 aromatic rings. The zero-order chi connectivity index (χ0) is 13.8. The van der Waals surface area contributed by atoms with Crippen LogP contribution >= 0.6 is 27.7 Å². The Morgan fingerprint density at radius 3 is 2.89 bits per heavy atom. The van der Waals surface area contributed by atoms with E-state index in [1.807, 2.05) is 0 Å². The Balaban J connectivity index is 2.09. The van der Waals surface area contributed by atoms with Crippen LogP contribution in [-0.2, 0) is 0 Å². The van der Waals surface area contributed by atoms with E-state index < -0.39 is 5.82 Å². The van der Waals surface area contributed by atoms with Crippen LogP contribution in [-0.4, -0.2) is 23.5 Å². The Hall–Kier alpha value is -0.550. The second kappa shape index (κ2) is 6.75. The van der Waals surface area contributed by atoms with E-state index in [2.05, 4.69) is 27.5 Å². The molecule has 1 saturated carbocycles. The molecule has 0 aliphatic heterocycles. The monoisotopic (exact) mass is 345 g/mol. The first-order chi connectivity index (χ1) is 9.11. The minimum absolute atomic E-state index is 0.111. The van der Waals surface area contributed by atoms with Crippen LogP contribution < -0.4 is 5.32 Å². The number of thioether (sulfide) groups is 1. The van der Waals surface area contributed by atoms with Crippen molar-refractivity contribution in [2.24, 2.45) is 0 Å². The van der Waals surface area contributed by atoms with Gasteiger partial charge in [0, 0.05) is 15.8 Å². The van der Waals surface area contributed by atoms with Crippen LogP contribution in [0.4, 0.5) is 4.39 Å². The summed E-state index contributed by atoms with van der Waals surface area (Å²) in [5.41, 5.74) is 0.111. The number of hydrogen-bond donors (Lipinski definition) is 1. The third kappa shape index (κ3) is 3.72. The first kappa shape index (κ1) is 14.9. The zero-order valence-corrected chi connectivity index (χ0v) is 13.2. The highest BCUT2D eigenvalue weighted by Gasteiger charge is 2.26. The summed E-state index contributed by atoms with van der Waals surface area (Å²) < 4.78 is 14.4. The van der Waals surface area contributed by atoms with Gasteiger partial charge >= 0.3 is 0 Å². The molecule has 104 valence electrons. The summed E-state index contributed by atoms with van der Waals surface area (Å²) in [6, 6.07) is 4.58. The van der Waals surface area contributed by atoms with E-state index in [0.29, 0.717) is 9.72 Å². The molecular formula is C14H17BrFNOS. The zero-order valence-electron chi connectivity index (χ0n) is 10.8. The number of benzene rings is 1. The Morgan fingerprint density at radius 2 is 2.16 bits per heavy atom. The molecule has 0 bridgehead atoms. The van der Waals surface area contributed by atoms with Gasteiger partial charge in [-0.2, -0.15) is 11.8 Å². The first-order valence-electron chi connectivity index (χ1n) is 6.40. The van der Waals surface area contributed by atoms with Gasteiger partial charge in [-0.05, 0) is 37.3 Å². The molecule has 2 rings (SSSR count). The second-order valence-corrected chi connectivity index (χ2v) is 6.76. The van der Waals surface area contributed by atoms with Gasteiger partial charge in [0.25, 0.3) is 5.91 Å². The van der Waals surface area contributed by atoms with Gasteiger partial charge in [-0.3, -0.25) is 4.79 Å². The molecule has 0 spiro atoms. The van der Waals surface area contributed by atoms with Gasteiger partial charge in [0.2, 0.25) is 0 Å². The number of halogens is 2. The van der Waals surface area contributed by atoms with E-state index in [-0.39, 0.29) is 17.5 Å². The summed E-state index contributed by atoms with van der Waals surface area (Å²) in [7, 11) is 0. The molecule has 2 nitrogen and oxygen atoms in total. The van der Waals surface area contributed by atoms with Crippen LogP contribution in [0.1, 0.15) is 36.0 Å². The van der Waals surface area contributed by atoms with Gasteiger partial charge in [-0.1, -0.05) is 28.8 Å². The molecule has 1 aliphatic carbocycles. The smallest absolute Gasteiger partial charge is 0.254 e. The number of nitrogens with one attached hydrogen (secondary N) is 1. The number of carbonyl (C=O) groups is 1. The lowest BCUT2D eigenvalue weighted by atomic mass is 9.94. The highest BCUT2D eigenvalue weighted by molar-refractivity contribution is 9.10. The van der Waals surface area contributed by atoms with E-state index in [4.69, 9.17) is 0 Å². The van der Waals surface area contributed by atoms with Crippen molar-refractivity contribution in [2.75, 3.05) is 6.26 Å². The second-order valence-electron chi connectivity index (χ2n) is 4.76. The maximum Gasteiger partial charge on any atom is 0.254 e. The maximum atomic E-state index is 13.7. The molecule has 1 N–H and O–H groups in total. The molecule has 2 unspecified atom stereocenters. The molecule has 0 radical (unpaired) electrons. The lowest BCUT2D eigenvalue weighted by molar-refractivity contribution is 0.0925. The lowest BCUT2D eigenvalue weighted by Gasteiger charge is -2.31. The average Bonchev–Trinajstić information content (AvgIpc) is 2.42. The molecule has 1 amide bonds. The Bertz CT molecular complexity index is 469. The standard InChI is InChI=1S/C14H17BrFNOS/c1-19-13-5-3-2-4-12(13)17-14(18)10-8-9(15)6-7-11(10)16/h6-8,12-13H,2-5H2,1H3,(H,17,18). The third-order valence-corrected chi connectivity index (χ3v) is 5.16. The van der Waals surface area contributed by atoms with Gasteiger partial charge < -0.3 is 5.32 Å². The summed E-state index contributed by atoms with van der Waals surface area (Å²) >= 11 is 5.05. The Kier molecular flexibility index (Phi) is 5.28. The van der Waals surface area contributed by atoms with Crippen LogP contribution in [0.15, 0.2) is 22.7 Å². The van der Waals surface area contributed by atoms with Crippen LogP contribution in [0.3, 0.4) is 0 Å². The van der Waals surface area contributed by atoms with Crippen molar-refractivity contribution in [3.05, 3.63) is 34.1 Å². The highest BCUT2D eigenvalue weighted by atomic mass is 79.9. The highest BCUT2D eigenvalue weighted by Crippen LogP contribution is 2.27. The fraction of sp³-hybridized carbons (Fsp3) is 0.500. The fourth-order valence-corrected chi connectivity index (χ4v) is 3.76. The summed E-state index contributed by atoms with van der Waals surface area (Å²) in [6.07, 6.45) is 6.50. The molecule has 0 aromatic heterocycles. The predicted octanol–water partition coefficient (Wildman–Crippen LogP) is 3.99. The molecule has 2 atom stereocenters.